The van der Waals surface area contributed by atoms with Gasteiger partial charge in [0.25, 0.3) is 11.8 Å². The van der Waals surface area contributed by atoms with Crippen molar-refractivity contribution in [1.82, 2.24) is 5.32 Å². The number of nitrogens with one attached hydrogen (secondary N) is 1. The van der Waals surface area contributed by atoms with Gasteiger partial charge in [0.05, 0.1) is 16.8 Å². The molecule has 9 heteroatoms. The topological polar surface area (TPSA) is 84.9 Å². The van der Waals surface area contributed by atoms with E-state index >= 15 is 0 Å². The van der Waals surface area contributed by atoms with Gasteiger partial charge in [0, 0.05) is 5.02 Å². The summed E-state index contributed by atoms with van der Waals surface area (Å²) in [5.41, 5.74) is 1.59. The molecule has 1 heterocycles. The van der Waals surface area contributed by atoms with Crippen LogP contribution in [0.2, 0.25) is 5.02 Å². The second kappa shape index (κ2) is 10.8. The van der Waals surface area contributed by atoms with Gasteiger partial charge < -0.3 is 9.47 Å². The van der Waals surface area contributed by atoms with E-state index in [1.807, 2.05) is 37.3 Å². The summed E-state index contributed by atoms with van der Waals surface area (Å²) in [6.45, 7) is 2.55. The normalized spacial score (nSPS) is 14.8. The molecule has 7 nitrogen and oxygen atoms in total. The fourth-order valence-electron chi connectivity index (χ4n) is 3.45. The molecule has 35 heavy (non-hydrogen) atoms. The highest BCUT2D eigenvalue weighted by Gasteiger charge is 2.36. The Morgan fingerprint density at radius 2 is 1.71 bits per heavy atom. The molecule has 1 aliphatic rings. The minimum absolute atomic E-state index is 0.202. The summed E-state index contributed by atoms with van der Waals surface area (Å²) in [5.74, 6) is -0.600. The maximum absolute atomic E-state index is 13.1. The Morgan fingerprint density at radius 1 is 1.00 bits per heavy atom. The quantitative estimate of drug-likeness (QED) is 0.297. The summed E-state index contributed by atoms with van der Waals surface area (Å²) in [6.07, 6.45) is 1.40. The zero-order valence-corrected chi connectivity index (χ0v) is 20.9. The number of ether oxygens (including phenoxy) is 2. The molecule has 3 aromatic rings. The number of imide groups is 2. The van der Waals surface area contributed by atoms with Crippen molar-refractivity contribution in [1.29, 1.82) is 0 Å². The summed E-state index contributed by atoms with van der Waals surface area (Å²) in [7, 11) is 0. The lowest BCUT2D eigenvalue weighted by Gasteiger charge is -2.26. The van der Waals surface area contributed by atoms with E-state index in [-0.39, 0.29) is 11.3 Å². The number of halogens is 2. The van der Waals surface area contributed by atoms with Gasteiger partial charge in [0.2, 0.25) is 0 Å². The van der Waals surface area contributed by atoms with E-state index in [0.717, 1.165) is 10.5 Å². The molecule has 0 atom stereocenters. The summed E-state index contributed by atoms with van der Waals surface area (Å²) in [4.78, 5) is 39.0. The van der Waals surface area contributed by atoms with Gasteiger partial charge in [-0.1, -0.05) is 41.9 Å². The van der Waals surface area contributed by atoms with Crippen LogP contribution in [-0.4, -0.2) is 24.5 Å². The summed E-state index contributed by atoms with van der Waals surface area (Å²) in [6, 6.07) is 18.4. The maximum atomic E-state index is 13.1. The zero-order valence-electron chi connectivity index (χ0n) is 18.6. The second-order valence-corrected chi connectivity index (χ2v) is 8.76. The average molecular weight is 556 g/mol. The van der Waals surface area contributed by atoms with E-state index < -0.39 is 17.8 Å². The molecule has 178 valence electrons. The third-order valence-electron chi connectivity index (χ3n) is 5.06. The average Bonchev–Trinajstić information content (AvgIpc) is 2.83. The molecule has 0 bridgehead atoms. The zero-order chi connectivity index (χ0) is 24.9. The number of urea groups is 1. The van der Waals surface area contributed by atoms with Crippen LogP contribution in [-0.2, 0) is 16.2 Å². The molecule has 0 saturated carbocycles. The van der Waals surface area contributed by atoms with Crippen LogP contribution in [0, 0.1) is 0 Å². The van der Waals surface area contributed by atoms with Gasteiger partial charge in [-0.25, -0.2) is 9.69 Å². The minimum atomic E-state index is -0.833. The minimum Gasteiger partial charge on any atom is -0.490 e. The van der Waals surface area contributed by atoms with Crippen LogP contribution in [0.1, 0.15) is 18.1 Å². The number of benzene rings is 3. The van der Waals surface area contributed by atoms with Crippen LogP contribution in [0.4, 0.5) is 10.5 Å². The van der Waals surface area contributed by atoms with Gasteiger partial charge in [0.15, 0.2) is 11.5 Å². The first kappa shape index (κ1) is 24.5. The largest absolute Gasteiger partial charge is 0.490 e. The molecule has 3 aromatic carbocycles. The van der Waals surface area contributed by atoms with Crippen molar-refractivity contribution in [3.8, 4) is 11.5 Å². The number of hydrogen-bond donors (Lipinski definition) is 1. The van der Waals surface area contributed by atoms with E-state index in [4.69, 9.17) is 21.1 Å². The third kappa shape index (κ3) is 5.55. The van der Waals surface area contributed by atoms with Crippen molar-refractivity contribution in [2.45, 2.75) is 13.5 Å². The second-order valence-electron chi connectivity index (χ2n) is 7.47. The van der Waals surface area contributed by atoms with E-state index in [9.17, 15) is 14.4 Å². The lowest BCUT2D eigenvalue weighted by atomic mass is 10.1. The lowest BCUT2D eigenvalue weighted by Crippen LogP contribution is -2.54. The van der Waals surface area contributed by atoms with Gasteiger partial charge in [0.1, 0.15) is 12.2 Å². The van der Waals surface area contributed by atoms with Crippen LogP contribution in [0.15, 0.2) is 76.8 Å². The van der Waals surface area contributed by atoms with Crippen molar-refractivity contribution in [2.24, 2.45) is 0 Å². The molecule has 1 aliphatic heterocycles. The predicted molar refractivity (Wildman–Crippen MR) is 137 cm³/mol. The standard InChI is InChI=1S/C26H20BrClN2O5/c1-2-34-22-14-17(13-21(27)23(22)35-15-16-6-4-3-5-7-16)12-20-24(31)29-26(33)30(25(20)32)19-10-8-18(28)9-11-19/h3-14H,2,15H2,1H3,(H,29,31,33). The van der Waals surface area contributed by atoms with Crippen molar-refractivity contribution in [3.05, 3.63) is 92.9 Å². The van der Waals surface area contributed by atoms with Crippen LogP contribution < -0.4 is 19.7 Å². The van der Waals surface area contributed by atoms with Gasteiger partial charge in [-0.3, -0.25) is 14.9 Å². The van der Waals surface area contributed by atoms with Crippen molar-refractivity contribution < 1.29 is 23.9 Å². The Kier molecular flexibility index (Phi) is 7.53. The first-order valence-electron chi connectivity index (χ1n) is 10.7. The molecule has 0 spiro atoms. The van der Waals surface area contributed by atoms with Crippen molar-refractivity contribution >= 4 is 57.1 Å². The molecule has 0 aliphatic carbocycles. The Balaban J connectivity index is 1.66. The lowest BCUT2D eigenvalue weighted by molar-refractivity contribution is -0.122. The third-order valence-corrected chi connectivity index (χ3v) is 5.90. The predicted octanol–water partition coefficient (Wildman–Crippen LogP) is 5.75. The summed E-state index contributed by atoms with van der Waals surface area (Å²) in [5, 5.41) is 2.66. The van der Waals surface area contributed by atoms with Crippen molar-refractivity contribution in [3.63, 3.8) is 0 Å². The number of amides is 4. The fourth-order valence-corrected chi connectivity index (χ4v) is 4.15. The smallest absolute Gasteiger partial charge is 0.335 e. The highest BCUT2D eigenvalue weighted by atomic mass is 79.9. The van der Waals surface area contributed by atoms with Gasteiger partial charge in [-0.15, -0.1) is 0 Å². The molecule has 0 aromatic heterocycles. The molecule has 0 radical (unpaired) electrons. The maximum Gasteiger partial charge on any atom is 0.335 e. The van der Waals surface area contributed by atoms with E-state index in [2.05, 4.69) is 21.2 Å². The van der Waals surface area contributed by atoms with Gasteiger partial charge in [-0.05, 0) is 76.5 Å². The Hall–Kier alpha value is -3.62. The number of barbiturate groups is 1. The monoisotopic (exact) mass is 554 g/mol. The molecule has 4 rings (SSSR count). The van der Waals surface area contributed by atoms with Crippen LogP contribution in [0.25, 0.3) is 6.08 Å². The molecule has 4 amide bonds. The number of carbonyl (C=O) groups is 3. The number of rotatable bonds is 7. The fraction of sp³-hybridized carbons (Fsp3) is 0.115. The molecule has 1 fully saturated rings. The van der Waals surface area contributed by atoms with E-state index in [1.54, 1.807) is 24.3 Å². The van der Waals surface area contributed by atoms with Crippen LogP contribution in [0.3, 0.4) is 0 Å². The number of hydrogen-bond acceptors (Lipinski definition) is 5. The SMILES string of the molecule is CCOc1cc(C=C2C(=O)NC(=O)N(c3ccc(Cl)cc3)C2=O)cc(Br)c1OCc1ccccc1. The molecular weight excluding hydrogens is 536 g/mol. The Bertz CT molecular complexity index is 1310. The molecule has 1 saturated heterocycles. The number of anilines is 1. The molecule has 1 N–H and O–H groups in total. The number of nitrogens with zero attached hydrogens (tertiary/aromatic N) is 1. The van der Waals surface area contributed by atoms with Crippen LogP contribution >= 0.6 is 27.5 Å². The highest BCUT2D eigenvalue weighted by Crippen LogP contribution is 2.38. The molecule has 0 unspecified atom stereocenters. The first-order valence-corrected chi connectivity index (χ1v) is 11.8. The van der Waals surface area contributed by atoms with E-state index in [0.29, 0.717) is 39.8 Å². The van der Waals surface area contributed by atoms with Crippen LogP contribution in [0.5, 0.6) is 11.5 Å². The van der Waals surface area contributed by atoms with E-state index in [1.165, 1.54) is 18.2 Å². The highest BCUT2D eigenvalue weighted by molar-refractivity contribution is 9.10. The Labute approximate surface area is 215 Å². The van der Waals surface area contributed by atoms with Gasteiger partial charge in [-0.2, -0.15) is 0 Å². The number of carbonyl (C=O) groups excluding carboxylic acids is 3. The summed E-state index contributed by atoms with van der Waals surface area (Å²) >= 11 is 9.42. The first-order chi connectivity index (χ1) is 16.9. The van der Waals surface area contributed by atoms with Crippen molar-refractivity contribution in [2.75, 3.05) is 11.5 Å². The van der Waals surface area contributed by atoms with Gasteiger partial charge >= 0.3 is 6.03 Å². The Morgan fingerprint density at radius 3 is 2.40 bits per heavy atom. The summed E-state index contributed by atoms with van der Waals surface area (Å²) < 4.78 is 12.3. The molecular formula is C26H20BrClN2O5.